The van der Waals surface area contributed by atoms with Crippen LogP contribution < -0.4 is 0 Å². The van der Waals surface area contributed by atoms with E-state index in [4.69, 9.17) is 0 Å². The molecule has 2 aromatic rings. The summed E-state index contributed by atoms with van der Waals surface area (Å²) in [4.78, 5) is 4.77. The molecule has 1 aliphatic rings. The molecule has 0 bridgehead atoms. The van der Waals surface area contributed by atoms with Gasteiger partial charge in [-0.15, -0.1) is 0 Å². The van der Waals surface area contributed by atoms with Crippen molar-refractivity contribution in [2.45, 2.75) is 25.6 Å². The largest absolute Gasteiger partial charge is 0.396 e. The molecule has 6 heteroatoms. The molecule has 124 valence electrons. The van der Waals surface area contributed by atoms with Crippen molar-refractivity contribution in [3.63, 3.8) is 0 Å². The van der Waals surface area contributed by atoms with Crippen molar-refractivity contribution in [1.29, 1.82) is 0 Å². The lowest BCUT2D eigenvalue weighted by atomic mass is 10.1. The second kappa shape index (κ2) is 7.68. The number of aromatic nitrogens is 2. The van der Waals surface area contributed by atoms with E-state index < -0.39 is 0 Å². The summed E-state index contributed by atoms with van der Waals surface area (Å²) in [5, 5.41) is 16.4. The van der Waals surface area contributed by atoms with E-state index in [1.165, 1.54) is 12.1 Å². The molecule has 0 saturated carbocycles. The predicted molar refractivity (Wildman–Crippen MR) is 86.2 cm³/mol. The highest BCUT2D eigenvalue weighted by Crippen LogP contribution is 2.18. The Morgan fingerprint density at radius 1 is 1.17 bits per heavy atom. The van der Waals surface area contributed by atoms with Gasteiger partial charge < -0.3 is 5.11 Å². The topological polar surface area (TPSA) is 55.4 Å². The summed E-state index contributed by atoms with van der Waals surface area (Å²) in [6.45, 7) is 4.66. The SMILES string of the molecule is OCCC1CN(Cc2ccn[nH]2)CCN1Cc1ccc(F)cc1. The van der Waals surface area contributed by atoms with Crippen molar-refractivity contribution in [3.8, 4) is 0 Å². The summed E-state index contributed by atoms with van der Waals surface area (Å²) < 4.78 is 13.0. The highest BCUT2D eigenvalue weighted by molar-refractivity contribution is 5.16. The summed E-state index contributed by atoms with van der Waals surface area (Å²) in [5.74, 6) is -0.204. The number of hydrogen-bond donors (Lipinski definition) is 2. The molecule has 0 radical (unpaired) electrons. The maximum absolute atomic E-state index is 13.0. The fourth-order valence-corrected chi connectivity index (χ4v) is 3.17. The minimum Gasteiger partial charge on any atom is -0.396 e. The van der Waals surface area contributed by atoms with Gasteiger partial charge in [-0.25, -0.2) is 4.39 Å². The van der Waals surface area contributed by atoms with Crippen molar-refractivity contribution >= 4 is 0 Å². The van der Waals surface area contributed by atoms with Gasteiger partial charge in [-0.05, 0) is 30.2 Å². The molecular weight excluding hydrogens is 295 g/mol. The average molecular weight is 318 g/mol. The summed E-state index contributed by atoms with van der Waals surface area (Å²) in [6, 6.07) is 8.98. The fraction of sp³-hybridized carbons (Fsp3) is 0.471. The number of halogens is 1. The van der Waals surface area contributed by atoms with Gasteiger partial charge >= 0.3 is 0 Å². The molecule has 2 N–H and O–H groups in total. The average Bonchev–Trinajstić information content (AvgIpc) is 3.05. The van der Waals surface area contributed by atoms with Crippen LogP contribution in [0.4, 0.5) is 4.39 Å². The van der Waals surface area contributed by atoms with Gasteiger partial charge in [-0.1, -0.05) is 12.1 Å². The molecule has 0 spiro atoms. The maximum Gasteiger partial charge on any atom is 0.123 e. The number of piperazine rings is 1. The maximum atomic E-state index is 13.0. The molecule has 3 rings (SSSR count). The number of nitrogens with zero attached hydrogens (tertiary/aromatic N) is 3. The van der Waals surface area contributed by atoms with Crippen molar-refractivity contribution in [3.05, 3.63) is 53.6 Å². The van der Waals surface area contributed by atoms with Crippen molar-refractivity contribution in [1.82, 2.24) is 20.0 Å². The first-order chi connectivity index (χ1) is 11.2. The zero-order valence-corrected chi connectivity index (χ0v) is 13.2. The Labute approximate surface area is 135 Å². The van der Waals surface area contributed by atoms with Crippen molar-refractivity contribution in [2.75, 3.05) is 26.2 Å². The lowest BCUT2D eigenvalue weighted by Gasteiger charge is -2.41. The van der Waals surface area contributed by atoms with Crippen LogP contribution in [0, 0.1) is 5.82 Å². The van der Waals surface area contributed by atoms with Crippen LogP contribution in [0.25, 0.3) is 0 Å². The number of rotatable bonds is 6. The first-order valence-electron chi connectivity index (χ1n) is 8.04. The molecule has 0 aliphatic carbocycles. The number of hydrogen-bond acceptors (Lipinski definition) is 4. The Hall–Kier alpha value is -1.76. The second-order valence-corrected chi connectivity index (χ2v) is 6.08. The summed E-state index contributed by atoms with van der Waals surface area (Å²) >= 11 is 0. The van der Waals surface area contributed by atoms with Crippen LogP contribution in [0.2, 0.25) is 0 Å². The summed E-state index contributed by atoms with van der Waals surface area (Å²) in [7, 11) is 0. The Balaban J connectivity index is 1.61. The first kappa shape index (κ1) is 16.1. The third-order valence-electron chi connectivity index (χ3n) is 4.40. The van der Waals surface area contributed by atoms with Gasteiger partial charge in [0.15, 0.2) is 0 Å². The molecule has 1 aromatic heterocycles. The third-order valence-corrected chi connectivity index (χ3v) is 4.40. The number of benzene rings is 1. The number of aromatic amines is 1. The van der Waals surface area contributed by atoms with Gasteiger partial charge in [0.05, 0.1) is 0 Å². The fourth-order valence-electron chi connectivity index (χ4n) is 3.17. The molecule has 2 heterocycles. The molecule has 5 nitrogen and oxygen atoms in total. The van der Waals surface area contributed by atoms with E-state index in [0.29, 0.717) is 6.04 Å². The Bertz CT molecular complexity index is 587. The second-order valence-electron chi connectivity index (χ2n) is 6.08. The highest BCUT2D eigenvalue weighted by atomic mass is 19.1. The zero-order valence-electron chi connectivity index (χ0n) is 13.2. The molecule has 1 saturated heterocycles. The molecule has 23 heavy (non-hydrogen) atoms. The van der Waals surface area contributed by atoms with E-state index >= 15 is 0 Å². The number of nitrogens with one attached hydrogen (secondary N) is 1. The molecule has 1 aliphatic heterocycles. The molecule has 1 fully saturated rings. The number of aliphatic hydroxyl groups is 1. The van der Waals surface area contributed by atoms with Crippen molar-refractivity contribution < 1.29 is 9.50 Å². The minimum absolute atomic E-state index is 0.183. The lowest BCUT2D eigenvalue weighted by Crippen LogP contribution is -2.52. The highest BCUT2D eigenvalue weighted by Gasteiger charge is 2.26. The van der Waals surface area contributed by atoms with Gasteiger partial charge in [0.25, 0.3) is 0 Å². The van der Waals surface area contributed by atoms with Crippen LogP contribution in [0.3, 0.4) is 0 Å². The van der Waals surface area contributed by atoms with E-state index in [2.05, 4.69) is 20.0 Å². The molecular formula is C17H23FN4O. The molecule has 1 aromatic carbocycles. The van der Waals surface area contributed by atoms with Gasteiger partial charge in [0, 0.05) is 57.3 Å². The van der Waals surface area contributed by atoms with E-state index in [1.54, 1.807) is 6.20 Å². The zero-order chi connectivity index (χ0) is 16.1. The predicted octanol–water partition coefficient (Wildman–Crippen LogP) is 1.62. The van der Waals surface area contributed by atoms with Gasteiger partial charge in [-0.3, -0.25) is 14.9 Å². The molecule has 1 atom stereocenters. The number of H-pyrrole nitrogens is 1. The van der Waals surface area contributed by atoms with Crippen LogP contribution in [0.1, 0.15) is 17.7 Å². The van der Waals surface area contributed by atoms with Gasteiger partial charge in [-0.2, -0.15) is 5.10 Å². The van der Waals surface area contributed by atoms with E-state index in [0.717, 1.165) is 50.4 Å². The smallest absolute Gasteiger partial charge is 0.123 e. The normalized spacial score (nSPS) is 20.0. The van der Waals surface area contributed by atoms with Crippen LogP contribution in [-0.2, 0) is 13.1 Å². The Kier molecular flexibility index (Phi) is 5.38. The minimum atomic E-state index is -0.204. The van der Waals surface area contributed by atoms with E-state index in [9.17, 15) is 9.50 Å². The third kappa shape index (κ3) is 4.37. The van der Waals surface area contributed by atoms with E-state index in [1.807, 2.05) is 18.2 Å². The number of aliphatic hydroxyl groups excluding tert-OH is 1. The Morgan fingerprint density at radius 2 is 2.00 bits per heavy atom. The molecule has 1 unspecified atom stereocenters. The lowest BCUT2D eigenvalue weighted by molar-refractivity contribution is 0.0494. The van der Waals surface area contributed by atoms with Gasteiger partial charge in [0.2, 0.25) is 0 Å². The monoisotopic (exact) mass is 318 g/mol. The van der Waals surface area contributed by atoms with Crippen LogP contribution >= 0.6 is 0 Å². The molecule has 0 amide bonds. The summed E-state index contributed by atoms with van der Waals surface area (Å²) in [6.07, 6.45) is 2.52. The quantitative estimate of drug-likeness (QED) is 0.850. The van der Waals surface area contributed by atoms with Crippen LogP contribution in [0.15, 0.2) is 36.5 Å². The van der Waals surface area contributed by atoms with E-state index in [-0.39, 0.29) is 12.4 Å². The summed E-state index contributed by atoms with van der Waals surface area (Å²) in [5.41, 5.74) is 2.22. The first-order valence-corrected chi connectivity index (χ1v) is 8.04. The van der Waals surface area contributed by atoms with Crippen LogP contribution in [0.5, 0.6) is 0 Å². The standard InChI is InChI=1S/C17H23FN4O/c18-15-3-1-14(2-4-15)11-22-9-8-21(13-17(22)6-10-23)12-16-5-7-19-20-16/h1-5,7,17,23H,6,8-13H2,(H,19,20). The van der Waals surface area contributed by atoms with Crippen LogP contribution in [-0.4, -0.2) is 57.4 Å². The van der Waals surface area contributed by atoms with Gasteiger partial charge in [0.1, 0.15) is 5.82 Å². The Morgan fingerprint density at radius 3 is 2.70 bits per heavy atom. The van der Waals surface area contributed by atoms with Crippen molar-refractivity contribution in [2.24, 2.45) is 0 Å².